The second-order valence-corrected chi connectivity index (χ2v) is 18.9. The Hall–Kier alpha value is -4.77. The predicted octanol–water partition coefficient (Wildman–Crippen LogP) is 8.73. The van der Waals surface area contributed by atoms with Crippen molar-refractivity contribution in [3.63, 3.8) is 0 Å². The summed E-state index contributed by atoms with van der Waals surface area (Å²) in [6, 6.07) is 20.0. The second kappa shape index (κ2) is 19.7. The number of hydrogen-bond acceptors (Lipinski definition) is 11. The first kappa shape index (κ1) is 43.9. The number of nitro benzene ring substituents is 1. The molecule has 1 amide bonds. The summed E-state index contributed by atoms with van der Waals surface area (Å²) < 4.78 is 63.7. The molecule has 2 fully saturated rings. The standard InChI is InChI=1S/C45H51Cl2FN6O7S/c1-45(2)16-3-5-36(31-6-8-32(46)9-7-31)38(45)30-52-19-21-53(22-20-52)34-11-13-37(43(28-34)61-42-15-10-33(48)27-39(42)47)44(55)50-62(58,59)35-12-14-40(41(29-35)54(56)57)49-17-4-18-51-23-25-60-26-24-51/h5-15,27-29,38,49H,3-4,16-26,30H2,1-2H3,(H,50,55)/i5T. The van der Waals surface area contributed by atoms with E-state index in [9.17, 15) is 27.7 Å². The molecule has 3 aliphatic rings. The summed E-state index contributed by atoms with van der Waals surface area (Å²) in [4.78, 5) is 31.5. The Kier molecular flexibility index (Phi) is 14.0. The van der Waals surface area contributed by atoms with Crippen molar-refractivity contribution in [2.45, 2.75) is 38.0 Å². The second-order valence-electron chi connectivity index (χ2n) is 16.4. The Labute approximate surface area is 373 Å². The first-order valence-corrected chi connectivity index (χ1v) is 22.9. The van der Waals surface area contributed by atoms with Crippen molar-refractivity contribution in [2.75, 3.05) is 82.3 Å². The molecule has 0 bridgehead atoms. The van der Waals surface area contributed by atoms with Crippen LogP contribution in [-0.4, -0.2) is 101 Å². The molecule has 2 aliphatic heterocycles. The average molecular weight is 912 g/mol. The van der Waals surface area contributed by atoms with Gasteiger partial charge < -0.3 is 19.7 Å². The van der Waals surface area contributed by atoms with E-state index in [1.54, 1.807) is 12.1 Å². The van der Waals surface area contributed by atoms with Crippen molar-refractivity contribution in [3.05, 3.63) is 122 Å². The van der Waals surface area contributed by atoms with E-state index in [2.05, 4.69) is 33.9 Å². The Balaban J connectivity index is 1.07. The van der Waals surface area contributed by atoms with Gasteiger partial charge in [0.25, 0.3) is 21.6 Å². The highest BCUT2D eigenvalue weighted by Crippen LogP contribution is 2.46. The molecular formula is C45H51Cl2FN6O7S. The molecule has 0 spiro atoms. The van der Waals surface area contributed by atoms with Gasteiger partial charge in [0.2, 0.25) is 0 Å². The molecule has 1 aliphatic carbocycles. The largest absolute Gasteiger partial charge is 0.455 e. The summed E-state index contributed by atoms with van der Waals surface area (Å²) in [7, 11) is -4.63. The van der Waals surface area contributed by atoms with Gasteiger partial charge in [-0.05, 0) is 97.0 Å². The highest BCUT2D eigenvalue weighted by molar-refractivity contribution is 7.90. The van der Waals surface area contributed by atoms with Crippen LogP contribution in [0.15, 0.2) is 89.8 Å². The third-order valence-corrected chi connectivity index (χ3v) is 13.7. The molecule has 62 heavy (non-hydrogen) atoms. The van der Waals surface area contributed by atoms with Crippen LogP contribution in [0.25, 0.3) is 5.57 Å². The molecule has 17 heteroatoms. The number of carbonyl (C=O) groups excluding carboxylic acids is 1. The molecule has 1 unspecified atom stereocenters. The monoisotopic (exact) mass is 910 g/mol. The van der Waals surface area contributed by atoms with Crippen molar-refractivity contribution in [2.24, 2.45) is 11.3 Å². The molecular weight excluding hydrogens is 859 g/mol. The number of nitrogens with one attached hydrogen (secondary N) is 2. The van der Waals surface area contributed by atoms with Gasteiger partial charge in [-0.3, -0.25) is 24.7 Å². The number of morpholine rings is 1. The number of halogens is 3. The molecule has 0 saturated carbocycles. The zero-order chi connectivity index (χ0) is 44.9. The molecule has 7 rings (SSSR count). The van der Waals surface area contributed by atoms with Crippen molar-refractivity contribution in [1.82, 2.24) is 14.5 Å². The van der Waals surface area contributed by atoms with Crippen LogP contribution in [0.5, 0.6) is 11.5 Å². The number of allylic oxidation sites excluding steroid dienone is 1. The van der Waals surface area contributed by atoms with Crippen LogP contribution in [0.1, 0.15) is 50.4 Å². The maximum atomic E-state index is 14.0. The van der Waals surface area contributed by atoms with Crippen LogP contribution in [0.4, 0.5) is 21.5 Å². The van der Waals surface area contributed by atoms with Crippen LogP contribution < -0.4 is 19.7 Å². The van der Waals surface area contributed by atoms with E-state index in [0.29, 0.717) is 75.5 Å². The van der Waals surface area contributed by atoms with Crippen molar-refractivity contribution >= 4 is 61.8 Å². The summed E-state index contributed by atoms with van der Waals surface area (Å²) in [5.41, 5.74) is 2.26. The number of sulfonamides is 1. The normalized spacial score (nSPS) is 18.9. The fraction of sp³-hybridized carbons (Fsp3) is 0.400. The van der Waals surface area contributed by atoms with E-state index in [0.717, 1.165) is 61.9 Å². The molecule has 0 radical (unpaired) electrons. The number of rotatable bonds is 15. The van der Waals surface area contributed by atoms with E-state index < -0.39 is 37.3 Å². The number of amides is 1. The Morgan fingerprint density at radius 2 is 1.71 bits per heavy atom. The number of hydrogen-bond donors (Lipinski definition) is 2. The SMILES string of the molecule is [3H]C1=C(c2ccc(Cl)cc2)C(CN2CCN(c3ccc(C(=O)NS(=O)(=O)c4ccc(NCCCN5CCOCC5)c([N+](=O)[O-])c4)c(Oc4ccc(F)cc4Cl)c3)CC2)C(C)(C)CC1. The summed E-state index contributed by atoms with van der Waals surface area (Å²) in [5.74, 6) is -1.53. The highest BCUT2D eigenvalue weighted by atomic mass is 35.5. The Morgan fingerprint density at radius 1 is 0.968 bits per heavy atom. The molecule has 0 aromatic heterocycles. The number of anilines is 2. The minimum absolute atomic E-state index is 0.0347. The number of ether oxygens (including phenoxy) is 2. The minimum atomic E-state index is -4.63. The summed E-state index contributed by atoms with van der Waals surface area (Å²) in [6.45, 7) is 12.1. The van der Waals surface area contributed by atoms with Crippen LogP contribution in [0.2, 0.25) is 10.0 Å². The molecule has 4 aromatic carbocycles. The molecule has 2 saturated heterocycles. The van der Waals surface area contributed by atoms with E-state index in [1.807, 2.05) is 29.0 Å². The topological polar surface area (TPSA) is 147 Å². The first-order valence-electron chi connectivity index (χ1n) is 21.2. The van der Waals surface area contributed by atoms with Crippen molar-refractivity contribution < 1.29 is 33.4 Å². The molecule has 2 N–H and O–H groups in total. The summed E-state index contributed by atoms with van der Waals surface area (Å²) in [6.07, 6.45) is 2.33. The number of nitro groups is 1. The average Bonchev–Trinajstić information content (AvgIpc) is 3.25. The van der Waals surface area contributed by atoms with Gasteiger partial charge in [-0.15, -0.1) is 0 Å². The quantitative estimate of drug-likeness (QED) is 0.0671. The fourth-order valence-corrected chi connectivity index (χ4v) is 9.46. The molecule has 1 atom stereocenters. The lowest BCUT2D eigenvalue weighted by atomic mass is 9.66. The number of nitrogens with zero attached hydrogens (tertiary/aromatic N) is 4. The van der Waals surface area contributed by atoms with E-state index in [4.69, 9.17) is 34.0 Å². The van der Waals surface area contributed by atoms with Crippen LogP contribution >= 0.6 is 23.2 Å². The number of benzene rings is 4. The van der Waals surface area contributed by atoms with E-state index in [-0.39, 0.29) is 39.1 Å². The van der Waals surface area contributed by atoms with Crippen LogP contribution in [0, 0.1) is 27.3 Å². The lowest BCUT2D eigenvalue weighted by Gasteiger charge is -2.44. The minimum Gasteiger partial charge on any atom is -0.455 e. The fourth-order valence-electron chi connectivity index (χ4n) is 8.15. The zero-order valence-corrected chi connectivity index (χ0v) is 37.0. The third kappa shape index (κ3) is 11.1. The van der Waals surface area contributed by atoms with Gasteiger partial charge in [0, 0.05) is 81.1 Å². The molecule has 4 aromatic rings. The smallest absolute Gasteiger partial charge is 0.293 e. The maximum Gasteiger partial charge on any atom is 0.293 e. The van der Waals surface area contributed by atoms with Crippen molar-refractivity contribution in [3.8, 4) is 11.5 Å². The lowest BCUT2D eigenvalue weighted by molar-refractivity contribution is -0.384. The first-order chi connectivity index (χ1) is 30.1. The van der Waals surface area contributed by atoms with Gasteiger partial charge in [0.15, 0.2) is 0 Å². The van der Waals surface area contributed by atoms with Crippen LogP contribution in [-0.2, 0) is 14.8 Å². The Morgan fingerprint density at radius 3 is 2.42 bits per heavy atom. The summed E-state index contributed by atoms with van der Waals surface area (Å²) >= 11 is 12.5. The van der Waals surface area contributed by atoms with Gasteiger partial charge in [-0.25, -0.2) is 17.5 Å². The van der Waals surface area contributed by atoms with Gasteiger partial charge in [-0.1, -0.05) is 55.2 Å². The number of carbonyl (C=O) groups is 1. The molecule has 2 heterocycles. The maximum absolute atomic E-state index is 14.0. The van der Waals surface area contributed by atoms with Gasteiger partial charge >= 0.3 is 0 Å². The number of piperazine rings is 1. The Bertz CT molecular complexity index is 2460. The predicted molar refractivity (Wildman–Crippen MR) is 241 cm³/mol. The van der Waals surface area contributed by atoms with Crippen LogP contribution in [0.3, 0.4) is 0 Å². The van der Waals surface area contributed by atoms with Crippen molar-refractivity contribution in [1.29, 1.82) is 0 Å². The van der Waals surface area contributed by atoms with E-state index >= 15 is 0 Å². The molecule has 13 nitrogen and oxygen atoms in total. The molecule has 330 valence electrons. The zero-order valence-electron chi connectivity index (χ0n) is 35.7. The summed E-state index contributed by atoms with van der Waals surface area (Å²) in [5, 5.41) is 15.7. The lowest BCUT2D eigenvalue weighted by Crippen LogP contribution is -2.49. The highest BCUT2D eigenvalue weighted by Gasteiger charge is 2.37. The third-order valence-electron chi connectivity index (χ3n) is 11.8. The van der Waals surface area contributed by atoms with Gasteiger partial charge in [-0.2, -0.15) is 0 Å². The van der Waals surface area contributed by atoms with Gasteiger partial charge in [0.05, 0.1) is 35.0 Å². The van der Waals surface area contributed by atoms with Gasteiger partial charge in [0.1, 0.15) is 23.0 Å². The van der Waals surface area contributed by atoms with E-state index in [1.165, 1.54) is 24.3 Å².